The van der Waals surface area contributed by atoms with Crippen molar-refractivity contribution in [3.05, 3.63) is 164 Å². The Morgan fingerprint density at radius 2 is 1.00 bits per heavy atom. The minimum absolute atomic E-state index is 0.840. The molecule has 48 heavy (non-hydrogen) atoms. The number of pyridine rings is 1. The fraction of sp³-hybridized carbons (Fsp3) is 0. The molecule has 7 aromatic carbocycles. The van der Waals surface area contributed by atoms with Gasteiger partial charge in [-0.05, 0) is 57.0 Å². The summed E-state index contributed by atoms with van der Waals surface area (Å²) in [4.78, 5) is 0. The normalized spacial score (nSPS) is 11.8. The van der Waals surface area contributed by atoms with Crippen molar-refractivity contribution in [2.45, 2.75) is 0 Å². The average molecular weight is 630 g/mol. The number of rotatable bonds is 4. The maximum Gasteiger partial charge on any atom is 0.169 e. The molecule has 4 heteroatoms. The highest BCUT2D eigenvalue weighted by Gasteiger charge is 2.17. The summed E-state index contributed by atoms with van der Waals surface area (Å²) in [5.74, 6) is 0.840. The van der Waals surface area contributed by atoms with Crippen molar-refractivity contribution in [2.24, 2.45) is 0 Å². The van der Waals surface area contributed by atoms with E-state index in [4.69, 9.17) is 10.2 Å². The molecule has 0 radical (unpaired) electrons. The third-order valence-corrected chi connectivity index (χ3v) is 10.8. The smallest absolute Gasteiger partial charge is 0.169 e. The molecule has 0 bridgehead atoms. The molecule has 10 aromatic rings. The van der Waals surface area contributed by atoms with Crippen LogP contribution in [-0.4, -0.2) is 14.6 Å². The minimum Gasteiger partial charge on any atom is -0.274 e. The van der Waals surface area contributed by atoms with Gasteiger partial charge >= 0.3 is 0 Å². The summed E-state index contributed by atoms with van der Waals surface area (Å²) in [6.45, 7) is 0. The zero-order valence-electron chi connectivity index (χ0n) is 25.8. The summed E-state index contributed by atoms with van der Waals surface area (Å²) in [5, 5.41) is 15.6. The highest BCUT2D eigenvalue weighted by atomic mass is 32.1. The Bertz CT molecular complexity index is 2810. The van der Waals surface area contributed by atoms with Crippen LogP contribution in [-0.2, 0) is 0 Å². The van der Waals surface area contributed by atoms with Gasteiger partial charge in [0, 0.05) is 36.5 Å². The summed E-state index contributed by atoms with van der Waals surface area (Å²) in [6.07, 6.45) is 0. The van der Waals surface area contributed by atoms with Crippen LogP contribution in [0.2, 0.25) is 0 Å². The Hall–Kier alpha value is -6.10. The summed E-state index contributed by atoms with van der Waals surface area (Å²) >= 11 is 1.86. The lowest BCUT2D eigenvalue weighted by Gasteiger charge is -2.12. The zero-order chi connectivity index (χ0) is 31.6. The van der Waals surface area contributed by atoms with E-state index in [0.717, 1.165) is 27.9 Å². The molecule has 224 valence electrons. The lowest BCUT2D eigenvalue weighted by molar-refractivity contribution is 1.12. The van der Waals surface area contributed by atoms with Gasteiger partial charge in [0.1, 0.15) is 0 Å². The Kier molecular flexibility index (Phi) is 6.05. The summed E-state index contributed by atoms with van der Waals surface area (Å²) in [7, 11) is 0. The van der Waals surface area contributed by atoms with Crippen LogP contribution in [0.4, 0.5) is 0 Å². The molecule has 0 amide bonds. The second-order valence-corrected chi connectivity index (χ2v) is 13.3. The molecule has 0 fully saturated rings. The van der Waals surface area contributed by atoms with Crippen molar-refractivity contribution in [2.75, 3.05) is 0 Å². The number of thiophene rings is 1. The van der Waals surface area contributed by atoms with E-state index in [2.05, 4.69) is 168 Å². The molecule has 3 nitrogen and oxygen atoms in total. The number of fused-ring (bicyclic) bond motifs is 9. The number of hydrogen-bond acceptors (Lipinski definition) is 3. The molecule has 0 N–H and O–H groups in total. The van der Waals surface area contributed by atoms with E-state index in [1.807, 2.05) is 11.3 Å². The van der Waals surface area contributed by atoms with E-state index in [9.17, 15) is 0 Å². The molecule has 0 aliphatic heterocycles. The van der Waals surface area contributed by atoms with Gasteiger partial charge in [0.05, 0.1) is 5.52 Å². The van der Waals surface area contributed by atoms with Crippen molar-refractivity contribution in [3.8, 4) is 44.8 Å². The maximum absolute atomic E-state index is 4.78. The number of benzene rings is 7. The van der Waals surface area contributed by atoms with Gasteiger partial charge in [0.25, 0.3) is 0 Å². The largest absolute Gasteiger partial charge is 0.274 e. The standard InChI is InChI=1S/C44H27N3S/c1-2-9-28(10-3-1)29-17-19-30(20-18-29)33-25-26-40-39(27-33)35-11-4-5-13-38(35)44-46-45-43(47(40)44)32-23-21-31(22-24-32)34-14-8-15-37-36-12-6-7-16-41(36)48-42(34)37/h1-27H. The number of nitrogens with zero attached hydrogens (tertiary/aromatic N) is 3. The molecule has 3 aromatic heterocycles. The number of aromatic nitrogens is 3. The van der Waals surface area contributed by atoms with E-state index < -0.39 is 0 Å². The van der Waals surface area contributed by atoms with Crippen LogP contribution in [0.25, 0.3) is 92.3 Å². The zero-order valence-corrected chi connectivity index (χ0v) is 26.7. The van der Waals surface area contributed by atoms with Crippen molar-refractivity contribution in [1.29, 1.82) is 0 Å². The maximum atomic E-state index is 4.78. The van der Waals surface area contributed by atoms with Crippen LogP contribution in [0.15, 0.2) is 164 Å². The van der Waals surface area contributed by atoms with Crippen LogP contribution in [0.1, 0.15) is 0 Å². The minimum atomic E-state index is 0.840. The summed E-state index contributed by atoms with van der Waals surface area (Å²) in [5.41, 5.74) is 10.3. The lowest BCUT2D eigenvalue weighted by atomic mass is 9.97. The predicted octanol–water partition coefficient (Wildman–Crippen LogP) is 12.1. The van der Waals surface area contributed by atoms with Gasteiger partial charge in [-0.2, -0.15) is 0 Å². The summed E-state index contributed by atoms with van der Waals surface area (Å²) in [6, 6.07) is 58.7. The molecule has 10 rings (SSSR count). The molecule has 0 saturated carbocycles. The highest BCUT2D eigenvalue weighted by Crippen LogP contribution is 2.40. The molecule has 0 spiro atoms. The molecule has 0 saturated heterocycles. The fourth-order valence-corrected chi connectivity index (χ4v) is 8.41. The third kappa shape index (κ3) is 4.20. The molecular formula is C44H27N3S. The van der Waals surface area contributed by atoms with Crippen LogP contribution < -0.4 is 0 Å². The van der Waals surface area contributed by atoms with Gasteiger partial charge in [0.15, 0.2) is 11.5 Å². The first-order valence-corrected chi connectivity index (χ1v) is 17.0. The Balaban J connectivity index is 1.10. The van der Waals surface area contributed by atoms with Crippen LogP contribution in [0.3, 0.4) is 0 Å². The van der Waals surface area contributed by atoms with Crippen molar-refractivity contribution < 1.29 is 0 Å². The van der Waals surface area contributed by atoms with Crippen molar-refractivity contribution in [3.63, 3.8) is 0 Å². The highest BCUT2D eigenvalue weighted by molar-refractivity contribution is 7.26. The van der Waals surface area contributed by atoms with E-state index in [0.29, 0.717) is 0 Å². The van der Waals surface area contributed by atoms with Gasteiger partial charge in [-0.15, -0.1) is 21.5 Å². The van der Waals surface area contributed by atoms with Gasteiger partial charge in [-0.1, -0.05) is 146 Å². The van der Waals surface area contributed by atoms with E-state index >= 15 is 0 Å². The second kappa shape index (κ2) is 10.7. The van der Waals surface area contributed by atoms with Gasteiger partial charge in [-0.25, -0.2) is 0 Å². The summed E-state index contributed by atoms with van der Waals surface area (Å²) < 4.78 is 4.86. The van der Waals surface area contributed by atoms with Gasteiger partial charge in [0.2, 0.25) is 0 Å². The molecule has 0 unspecified atom stereocenters. The molecule has 3 heterocycles. The first-order chi connectivity index (χ1) is 23.8. The van der Waals surface area contributed by atoms with Crippen LogP contribution in [0.5, 0.6) is 0 Å². The Labute approximate surface area is 281 Å². The molecule has 0 aliphatic rings. The SMILES string of the molecule is c1ccc(-c2ccc(-c3ccc4c(c3)c3ccccc3c3nnc(-c5ccc(-c6cccc7c6sc6ccccc67)cc5)n43)cc2)cc1. The quantitative estimate of drug-likeness (QED) is 0.181. The average Bonchev–Trinajstić information content (AvgIpc) is 3.78. The fourth-order valence-electron chi connectivity index (χ4n) is 7.17. The molecule has 0 aliphatic carbocycles. The van der Waals surface area contributed by atoms with E-state index in [1.165, 1.54) is 64.3 Å². The van der Waals surface area contributed by atoms with E-state index in [1.54, 1.807) is 0 Å². The number of hydrogen-bond donors (Lipinski definition) is 0. The van der Waals surface area contributed by atoms with Crippen molar-refractivity contribution in [1.82, 2.24) is 14.6 Å². The molecule has 0 atom stereocenters. The first-order valence-electron chi connectivity index (χ1n) is 16.2. The monoisotopic (exact) mass is 629 g/mol. The van der Waals surface area contributed by atoms with Gasteiger partial charge < -0.3 is 0 Å². The van der Waals surface area contributed by atoms with Gasteiger partial charge in [-0.3, -0.25) is 4.40 Å². The Morgan fingerprint density at radius 1 is 0.396 bits per heavy atom. The van der Waals surface area contributed by atoms with Crippen molar-refractivity contribution >= 4 is 58.8 Å². The lowest BCUT2D eigenvalue weighted by Crippen LogP contribution is -1.95. The Morgan fingerprint density at radius 3 is 1.81 bits per heavy atom. The molecular weight excluding hydrogens is 603 g/mol. The van der Waals surface area contributed by atoms with Crippen LogP contribution in [0, 0.1) is 0 Å². The van der Waals surface area contributed by atoms with E-state index in [-0.39, 0.29) is 0 Å². The first kappa shape index (κ1) is 27.1. The predicted molar refractivity (Wildman–Crippen MR) is 203 cm³/mol. The third-order valence-electron chi connectivity index (χ3n) is 9.54. The topological polar surface area (TPSA) is 30.2 Å². The second-order valence-electron chi connectivity index (χ2n) is 12.3. The van der Waals surface area contributed by atoms with Crippen LogP contribution >= 0.6 is 11.3 Å².